The van der Waals surface area contributed by atoms with Gasteiger partial charge < -0.3 is 10.6 Å². The van der Waals surface area contributed by atoms with E-state index in [1.807, 2.05) is 6.92 Å². The van der Waals surface area contributed by atoms with Crippen LogP contribution in [0, 0.1) is 0 Å². The number of rotatable bonds is 4. The highest BCUT2D eigenvalue weighted by atomic mass is 32.1. The molecule has 2 rings (SSSR count). The highest BCUT2D eigenvalue weighted by molar-refractivity contribution is 7.11. The van der Waals surface area contributed by atoms with E-state index in [-0.39, 0.29) is 5.91 Å². The van der Waals surface area contributed by atoms with Crippen molar-refractivity contribution in [3.63, 3.8) is 0 Å². The molecule has 16 heavy (non-hydrogen) atoms. The maximum absolute atomic E-state index is 11.5. The van der Waals surface area contributed by atoms with Gasteiger partial charge in [-0.3, -0.25) is 4.79 Å². The molecule has 0 bridgehead atoms. The molecule has 0 unspecified atom stereocenters. The second-order valence-electron chi connectivity index (χ2n) is 3.93. The number of hydrogen-bond acceptors (Lipinski definition) is 4. The molecule has 0 saturated carbocycles. The second-order valence-corrected chi connectivity index (χ2v) is 5.10. The van der Waals surface area contributed by atoms with Crippen molar-refractivity contribution in [2.75, 3.05) is 13.1 Å². The fourth-order valence-corrected chi connectivity index (χ4v) is 2.80. The number of thiazole rings is 1. The van der Waals surface area contributed by atoms with Crippen molar-refractivity contribution in [2.24, 2.45) is 0 Å². The Morgan fingerprint density at radius 1 is 1.62 bits per heavy atom. The van der Waals surface area contributed by atoms with Crippen LogP contribution >= 0.6 is 11.3 Å². The maximum Gasteiger partial charge on any atom is 0.226 e. The molecule has 0 radical (unpaired) electrons. The van der Waals surface area contributed by atoms with E-state index >= 15 is 0 Å². The van der Waals surface area contributed by atoms with E-state index in [9.17, 15) is 4.79 Å². The molecular weight excluding hydrogens is 222 g/mol. The van der Waals surface area contributed by atoms with Crippen LogP contribution in [-0.4, -0.2) is 24.0 Å². The lowest BCUT2D eigenvalue weighted by Gasteiger charge is -2.09. The number of carbonyl (C=O) groups excluding carboxylic acids is 1. The molecule has 1 aliphatic rings. The quantitative estimate of drug-likeness (QED) is 0.819. The van der Waals surface area contributed by atoms with E-state index < -0.39 is 0 Å². The zero-order valence-corrected chi connectivity index (χ0v) is 10.3. The Morgan fingerprint density at radius 3 is 3.25 bits per heavy atom. The molecular formula is C11H17N3OS. The van der Waals surface area contributed by atoms with E-state index in [2.05, 4.69) is 15.6 Å². The maximum atomic E-state index is 11.5. The minimum absolute atomic E-state index is 0.0842. The second kappa shape index (κ2) is 5.41. The summed E-state index contributed by atoms with van der Waals surface area (Å²) in [5.41, 5.74) is 1.18. The lowest BCUT2D eigenvalue weighted by Crippen LogP contribution is -2.25. The summed E-state index contributed by atoms with van der Waals surface area (Å²) < 4.78 is 0. The Kier molecular flexibility index (Phi) is 3.90. The van der Waals surface area contributed by atoms with Crippen LogP contribution in [0.4, 0.5) is 0 Å². The summed E-state index contributed by atoms with van der Waals surface area (Å²) in [4.78, 5) is 17.3. The number of fused-ring (bicyclic) bond motifs is 1. The number of amides is 1. The number of aromatic nitrogens is 1. The molecule has 0 aliphatic carbocycles. The molecule has 0 saturated heterocycles. The normalized spacial score (nSPS) is 14.6. The van der Waals surface area contributed by atoms with Crippen molar-refractivity contribution in [3.05, 3.63) is 15.6 Å². The van der Waals surface area contributed by atoms with E-state index in [4.69, 9.17) is 0 Å². The van der Waals surface area contributed by atoms with Gasteiger partial charge >= 0.3 is 0 Å². The molecule has 1 aliphatic heterocycles. The van der Waals surface area contributed by atoms with E-state index in [0.29, 0.717) is 6.42 Å². The van der Waals surface area contributed by atoms with Crippen LogP contribution in [0.5, 0.6) is 0 Å². The first kappa shape index (κ1) is 11.5. The molecule has 0 atom stereocenters. The summed E-state index contributed by atoms with van der Waals surface area (Å²) in [5, 5.41) is 7.13. The first-order chi connectivity index (χ1) is 7.79. The molecule has 5 heteroatoms. The lowest BCUT2D eigenvalue weighted by atomic mass is 10.2. The van der Waals surface area contributed by atoms with Crippen molar-refractivity contribution in [3.8, 4) is 0 Å². The fraction of sp³-hybridized carbons (Fsp3) is 0.636. The smallest absolute Gasteiger partial charge is 0.226 e. The molecule has 0 aromatic carbocycles. The Labute approximate surface area is 99.5 Å². The average Bonchev–Trinajstić information content (AvgIpc) is 2.68. The summed E-state index contributed by atoms with van der Waals surface area (Å²) in [7, 11) is 0. The van der Waals surface area contributed by atoms with E-state index in [1.165, 1.54) is 10.6 Å². The third-order valence-corrected chi connectivity index (χ3v) is 3.63. The van der Waals surface area contributed by atoms with Gasteiger partial charge in [-0.25, -0.2) is 4.98 Å². The van der Waals surface area contributed by atoms with Gasteiger partial charge in [0.15, 0.2) is 0 Å². The Hall–Kier alpha value is -0.940. The number of hydrogen-bond donors (Lipinski definition) is 2. The van der Waals surface area contributed by atoms with Crippen LogP contribution in [0.3, 0.4) is 0 Å². The Balaban J connectivity index is 1.94. The predicted octanol–water partition coefficient (Wildman–Crippen LogP) is 0.858. The number of carbonyl (C=O) groups is 1. The molecule has 0 spiro atoms. The van der Waals surface area contributed by atoms with Gasteiger partial charge in [0.1, 0.15) is 5.01 Å². The molecule has 1 amide bonds. The van der Waals surface area contributed by atoms with Gasteiger partial charge in [-0.2, -0.15) is 0 Å². The highest BCUT2D eigenvalue weighted by Crippen LogP contribution is 2.21. The average molecular weight is 239 g/mol. The summed E-state index contributed by atoms with van der Waals surface area (Å²) in [5.74, 6) is 0.0842. The standard InChI is InChI=1S/C11H17N3OS/c1-2-4-13-10(15)6-11-14-8-3-5-12-7-9(8)16-11/h12H,2-7H2,1H3,(H,13,15). The van der Waals surface area contributed by atoms with Crippen LogP contribution in [0.2, 0.25) is 0 Å². The van der Waals surface area contributed by atoms with Crippen LogP contribution in [0.25, 0.3) is 0 Å². The molecule has 1 aromatic rings. The predicted molar refractivity (Wildman–Crippen MR) is 64.5 cm³/mol. The molecule has 4 nitrogen and oxygen atoms in total. The van der Waals surface area contributed by atoms with Gasteiger partial charge in [0, 0.05) is 30.9 Å². The topological polar surface area (TPSA) is 54.0 Å². The molecule has 2 N–H and O–H groups in total. The van der Waals surface area contributed by atoms with Crippen LogP contribution in [0.15, 0.2) is 0 Å². The van der Waals surface area contributed by atoms with Gasteiger partial charge in [0.05, 0.1) is 12.1 Å². The summed E-state index contributed by atoms with van der Waals surface area (Å²) in [6.45, 7) is 4.71. The summed E-state index contributed by atoms with van der Waals surface area (Å²) in [6.07, 6.45) is 2.39. The van der Waals surface area contributed by atoms with Crippen molar-refractivity contribution in [1.29, 1.82) is 0 Å². The third-order valence-electron chi connectivity index (χ3n) is 2.53. The molecule has 1 aromatic heterocycles. The molecule has 2 heterocycles. The highest BCUT2D eigenvalue weighted by Gasteiger charge is 2.15. The van der Waals surface area contributed by atoms with Crippen molar-refractivity contribution in [2.45, 2.75) is 32.7 Å². The largest absolute Gasteiger partial charge is 0.356 e. The minimum atomic E-state index is 0.0842. The van der Waals surface area contributed by atoms with Gasteiger partial charge in [-0.1, -0.05) is 6.92 Å². The van der Waals surface area contributed by atoms with Crippen LogP contribution in [-0.2, 0) is 24.2 Å². The Morgan fingerprint density at radius 2 is 2.50 bits per heavy atom. The van der Waals surface area contributed by atoms with Crippen molar-refractivity contribution < 1.29 is 4.79 Å². The van der Waals surface area contributed by atoms with Gasteiger partial charge in [0.2, 0.25) is 5.91 Å². The van der Waals surface area contributed by atoms with Crippen molar-refractivity contribution in [1.82, 2.24) is 15.6 Å². The minimum Gasteiger partial charge on any atom is -0.356 e. The molecule has 0 fully saturated rings. The van der Waals surface area contributed by atoms with Crippen molar-refractivity contribution >= 4 is 17.2 Å². The summed E-state index contributed by atoms with van der Waals surface area (Å²) >= 11 is 1.66. The first-order valence-electron chi connectivity index (χ1n) is 5.74. The first-order valence-corrected chi connectivity index (χ1v) is 6.56. The van der Waals surface area contributed by atoms with Crippen LogP contribution < -0.4 is 10.6 Å². The SMILES string of the molecule is CCCNC(=O)Cc1nc2c(s1)CNCC2. The van der Waals surface area contributed by atoms with Gasteiger partial charge in [-0.05, 0) is 6.42 Å². The number of nitrogens with one attached hydrogen (secondary N) is 2. The van der Waals surface area contributed by atoms with E-state index in [1.54, 1.807) is 11.3 Å². The van der Waals surface area contributed by atoms with Crippen LogP contribution in [0.1, 0.15) is 28.9 Å². The Bertz CT molecular complexity index is 352. The monoisotopic (exact) mass is 239 g/mol. The molecule has 88 valence electrons. The zero-order valence-electron chi connectivity index (χ0n) is 9.51. The lowest BCUT2D eigenvalue weighted by molar-refractivity contribution is -0.120. The fourth-order valence-electron chi connectivity index (χ4n) is 1.72. The third kappa shape index (κ3) is 2.80. The van der Waals surface area contributed by atoms with Gasteiger partial charge in [-0.15, -0.1) is 11.3 Å². The number of nitrogens with zero attached hydrogens (tertiary/aromatic N) is 1. The summed E-state index contributed by atoms with van der Waals surface area (Å²) in [6, 6.07) is 0. The van der Waals surface area contributed by atoms with Gasteiger partial charge in [0.25, 0.3) is 0 Å². The zero-order chi connectivity index (χ0) is 11.4. The van der Waals surface area contributed by atoms with E-state index in [0.717, 1.165) is 37.5 Å².